The second-order valence-corrected chi connectivity index (χ2v) is 5.89. The van der Waals surface area contributed by atoms with Crippen LogP contribution >= 0.6 is 15.9 Å². The van der Waals surface area contributed by atoms with Crippen molar-refractivity contribution in [3.8, 4) is 0 Å². The molecule has 0 fully saturated rings. The molecule has 0 unspecified atom stereocenters. The van der Waals surface area contributed by atoms with Gasteiger partial charge in [0.1, 0.15) is 5.65 Å². The average Bonchev–Trinajstić information content (AvgIpc) is 2.71. The van der Waals surface area contributed by atoms with Crippen molar-refractivity contribution >= 4 is 21.6 Å². The molecular weight excluding hydrogens is 300 g/mol. The van der Waals surface area contributed by atoms with E-state index in [1.54, 1.807) is 0 Å². The van der Waals surface area contributed by atoms with E-state index in [0.717, 1.165) is 22.2 Å². The fourth-order valence-electron chi connectivity index (χ4n) is 2.39. The van der Waals surface area contributed by atoms with Crippen LogP contribution in [0.3, 0.4) is 0 Å². The highest BCUT2D eigenvalue weighted by Gasteiger charge is 2.06. The molecule has 3 rings (SSSR count). The van der Waals surface area contributed by atoms with E-state index in [9.17, 15) is 0 Å². The first-order valence-corrected chi connectivity index (χ1v) is 7.10. The van der Waals surface area contributed by atoms with Crippen LogP contribution in [0.2, 0.25) is 0 Å². The number of aryl methyl sites for hydroxylation is 2. The molecule has 0 bridgehead atoms. The highest BCUT2D eigenvalue weighted by Crippen LogP contribution is 2.18. The van der Waals surface area contributed by atoms with Gasteiger partial charge in [0, 0.05) is 23.3 Å². The monoisotopic (exact) mass is 314 g/mol. The summed E-state index contributed by atoms with van der Waals surface area (Å²) in [6, 6.07) is 10.7. The predicted molar refractivity (Wildman–Crippen MR) is 81.6 cm³/mol. The maximum absolute atomic E-state index is 4.72. The zero-order chi connectivity index (χ0) is 13.4. The van der Waals surface area contributed by atoms with E-state index in [1.165, 1.54) is 16.7 Å². The zero-order valence-corrected chi connectivity index (χ0v) is 12.6. The number of nitrogens with zero attached hydrogens (tertiary/aromatic N) is 2. The zero-order valence-electron chi connectivity index (χ0n) is 11.0. The number of benzene rings is 1. The molecule has 0 radical (unpaired) electrons. The van der Waals surface area contributed by atoms with Crippen molar-refractivity contribution in [2.45, 2.75) is 20.3 Å². The van der Waals surface area contributed by atoms with Crippen LogP contribution in [0.4, 0.5) is 0 Å². The number of fused-ring (bicyclic) bond motifs is 1. The van der Waals surface area contributed by atoms with Crippen LogP contribution in [0.1, 0.15) is 22.4 Å². The van der Waals surface area contributed by atoms with Crippen LogP contribution in [0.25, 0.3) is 5.65 Å². The molecule has 1 aromatic carbocycles. The Morgan fingerprint density at radius 3 is 2.79 bits per heavy atom. The highest BCUT2D eigenvalue weighted by molar-refractivity contribution is 9.10. The Morgan fingerprint density at radius 2 is 2.00 bits per heavy atom. The fourth-order valence-corrected chi connectivity index (χ4v) is 2.96. The number of halogens is 1. The lowest BCUT2D eigenvalue weighted by molar-refractivity contribution is 1.11. The third kappa shape index (κ3) is 2.56. The third-order valence-corrected chi connectivity index (χ3v) is 3.65. The second kappa shape index (κ2) is 4.82. The Balaban J connectivity index is 2.00. The largest absolute Gasteiger partial charge is 0.305 e. The Labute approximate surface area is 121 Å². The standard InChI is InChI=1S/C16H15BrN2/c1-11-4-3-5-13(6-11)8-15-10-19-9-14(17)7-12(2)16(19)18-15/h3-7,9-10H,8H2,1-2H3. The molecule has 0 N–H and O–H groups in total. The first-order valence-electron chi connectivity index (χ1n) is 6.31. The molecule has 0 saturated heterocycles. The molecule has 2 nitrogen and oxygen atoms in total. The smallest absolute Gasteiger partial charge is 0.140 e. The van der Waals surface area contributed by atoms with Crippen LogP contribution < -0.4 is 0 Å². The van der Waals surface area contributed by atoms with Crippen molar-refractivity contribution in [3.05, 3.63) is 69.6 Å². The molecule has 0 atom stereocenters. The maximum atomic E-state index is 4.72. The summed E-state index contributed by atoms with van der Waals surface area (Å²) in [6.45, 7) is 4.21. The number of hydrogen-bond donors (Lipinski definition) is 0. The maximum Gasteiger partial charge on any atom is 0.140 e. The van der Waals surface area contributed by atoms with Gasteiger partial charge in [0.2, 0.25) is 0 Å². The van der Waals surface area contributed by atoms with Crippen molar-refractivity contribution in [1.29, 1.82) is 0 Å². The predicted octanol–water partition coefficient (Wildman–Crippen LogP) is 4.30. The van der Waals surface area contributed by atoms with Gasteiger partial charge in [0.05, 0.1) is 5.69 Å². The number of aromatic nitrogens is 2. The summed E-state index contributed by atoms with van der Waals surface area (Å²) in [5.74, 6) is 0. The summed E-state index contributed by atoms with van der Waals surface area (Å²) in [4.78, 5) is 4.72. The Bertz CT molecular complexity index is 744. The van der Waals surface area contributed by atoms with Crippen molar-refractivity contribution in [2.24, 2.45) is 0 Å². The van der Waals surface area contributed by atoms with Crippen LogP contribution in [-0.4, -0.2) is 9.38 Å². The Kier molecular flexibility index (Phi) is 3.15. The minimum atomic E-state index is 0.875. The van der Waals surface area contributed by atoms with E-state index in [-0.39, 0.29) is 0 Å². The Hall–Kier alpha value is -1.61. The minimum Gasteiger partial charge on any atom is -0.305 e. The molecule has 0 amide bonds. The molecule has 3 aromatic rings. The molecule has 0 aliphatic rings. The molecule has 0 aliphatic heterocycles. The van der Waals surface area contributed by atoms with Gasteiger partial charge in [-0.15, -0.1) is 0 Å². The van der Waals surface area contributed by atoms with Gasteiger partial charge in [0.15, 0.2) is 0 Å². The summed E-state index contributed by atoms with van der Waals surface area (Å²) in [7, 11) is 0. The van der Waals surface area contributed by atoms with E-state index in [2.05, 4.69) is 76.9 Å². The van der Waals surface area contributed by atoms with Gasteiger partial charge in [-0.1, -0.05) is 29.8 Å². The highest BCUT2D eigenvalue weighted by atomic mass is 79.9. The van der Waals surface area contributed by atoms with Crippen molar-refractivity contribution < 1.29 is 0 Å². The number of pyridine rings is 1. The van der Waals surface area contributed by atoms with Gasteiger partial charge in [0.25, 0.3) is 0 Å². The lowest BCUT2D eigenvalue weighted by Crippen LogP contribution is -1.88. The molecule has 0 saturated carbocycles. The summed E-state index contributed by atoms with van der Waals surface area (Å²) in [5, 5.41) is 0. The van der Waals surface area contributed by atoms with Crippen LogP contribution in [0.15, 0.2) is 47.2 Å². The summed E-state index contributed by atoms with van der Waals surface area (Å²) < 4.78 is 3.17. The van der Waals surface area contributed by atoms with E-state index in [4.69, 9.17) is 4.98 Å². The molecule has 3 heteroatoms. The van der Waals surface area contributed by atoms with Crippen molar-refractivity contribution in [3.63, 3.8) is 0 Å². The fraction of sp³-hybridized carbons (Fsp3) is 0.188. The quantitative estimate of drug-likeness (QED) is 0.689. The Morgan fingerprint density at radius 1 is 1.16 bits per heavy atom. The van der Waals surface area contributed by atoms with Gasteiger partial charge in [-0.2, -0.15) is 0 Å². The van der Waals surface area contributed by atoms with Crippen LogP contribution in [0, 0.1) is 13.8 Å². The van der Waals surface area contributed by atoms with Gasteiger partial charge in [-0.3, -0.25) is 0 Å². The topological polar surface area (TPSA) is 17.3 Å². The molecule has 2 aromatic heterocycles. The van der Waals surface area contributed by atoms with Crippen molar-refractivity contribution in [1.82, 2.24) is 9.38 Å². The third-order valence-electron chi connectivity index (χ3n) is 3.22. The van der Waals surface area contributed by atoms with E-state index in [0.29, 0.717) is 0 Å². The van der Waals surface area contributed by atoms with Gasteiger partial charge < -0.3 is 4.40 Å². The SMILES string of the molecule is Cc1cccc(Cc2cn3cc(Br)cc(C)c3n2)c1. The summed E-state index contributed by atoms with van der Waals surface area (Å²) in [5.41, 5.74) is 5.92. The van der Waals surface area contributed by atoms with Crippen molar-refractivity contribution in [2.75, 3.05) is 0 Å². The summed E-state index contributed by atoms with van der Waals surface area (Å²) in [6.07, 6.45) is 5.03. The normalized spacial score (nSPS) is 11.1. The second-order valence-electron chi connectivity index (χ2n) is 4.97. The lowest BCUT2D eigenvalue weighted by atomic mass is 10.1. The number of imidazole rings is 1. The number of rotatable bonds is 2. The molecule has 96 valence electrons. The minimum absolute atomic E-state index is 0.875. The average molecular weight is 315 g/mol. The van der Waals surface area contributed by atoms with E-state index >= 15 is 0 Å². The lowest BCUT2D eigenvalue weighted by Gasteiger charge is -1.99. The number of hydrogen-bond acceptors (Lipinski definition) is 1. The van der Waals surface area contributed by atoms with E-state index < -0.39 is 0 Å². The van der Waals surface area contributed by atoms with Crippen LogP contribution in [0.5, 0.6) is 0 Å². The molecule has 0 spiro atoms. The molecule has 2 heterocycles. The van der Waals surface area contributed by atoms with Gasteiger partial charge >= 0.3 is 0 Å². The molecular formula is C16H15BrN2. The molecule has 0 aliphatic carbocycles. The first-order chi connectivity index (χ1) is 9.11. The van der Waals surface area contributed by atoms with Gasteiger partial charge in [-0.25, -0.2) is 4.98 Å². The van der Waals surface area contributed by atoms with E-state index in [1.807, 2.05) is 0 Å². The first kappa shape index (κ1) is 12.4. The van der Waals surface area contributed by atoms with Crippen LogP contribution in [-0.2, 0) is 6.42 Å². The summed E-state index contributed by atoms with van der Waals surface area (Å²) >= 11 is 3.52. The van der Waals surface area contributed by atoms with Gasteiger partial charge in [-0.05, 0) is 47.0 Å². The molecule has 19 heavy (non-hydrogen) atoms.